The monoisotopic (exact) mass is 283 g/mol. The number of benzene rings is 1. The highest BCUT2D eigenvalue weighted by Crippen LogP contribution is 2.26. The second-order valence-electron chi connectivity index (χ2n) is 6.42. The molecule has 0 saturated heterocycles. The highest BCUT2D eigenvalue weighted by molar-refractivity contribution is 5.39. The second-order valence-corrected chi connectivity index (χ2v) is 6.42. The van der Waals surface area contributed by atoms with Gasteiger partial charge in [-0.05, 0) is 51.7 Å². The first kappa shape index (κ1) is 14.3. The molecule has 112 valence electrons. The van der Waals surface area contributed by atoms with E-state index in [1.54, 1.807) is 0 Å². The van der Waals surface area contributed by atoms with Gasteiger partial charge in [0.25, 0.3) is 0 Å². The third-order valence-electron chi connectivity index (χ3n) is 4.41. The lowest BCUT2D eigenvalue weighted by Crippen LogP contribution is -2.22. The predicted molar refractivity (Wildman–Crippen MR) is 87.2 cm³/mol. The van der Waals surface area contributed by atoms with Gasteiger partial charge in [-0.1, -0.05) is 24.6 Å². The van der Waals surface area contributed by atoms with E-state index in [1.807, 2.05) is 0 Å². The summed E-state index contributed by atoms with van der Waals surface area (Å²) in [6, 6.07) is 9.34. The SMILES string of the molecule is Cc1ccc(-n2nc(C)c(C(C)CNC3CC3)c2C)cc1. The fraction of sp³-hybridized carbons (Fsp3) is 0.500. The maximum absolute atomic E-state index is 4.76. The minimum Gasteiger partial charge on any atom is -0.313 e. The molecule has 1 fully saturated rings. The van der Waals surface area contributed by atoms with Crippen molar-refractivity contribution >= 4 is 0 Å². The van der Waals surface area contributed by atoms with Gasteiger partial charge in [0.05, 0.1) is 11.4 Å². The van der Waals surface area contributed by atoms with Crippen molar-refractivity contribution in [3.63, 3.8) is 0 Å². The molecule has 3 nitrogen and oxygen atoms in total. The Bertz CT molecular complexity index is 621. The van der Waals surface area contributed by atoms with Crippen molar-refractivity contribution in [1.29, 1.82) is 0 Å². The van der Waals surface area contributed by atoms with Gasteiger partial charge in [-0.25, -0.2) is 4.68 Å². The molecule has 1 saturated carbocycles. The first-order valence-electron chi connectivity index (χ1n) is 7.93. The summed E-state index contributed by atoms with van der Waals surface area (Å²) in [5.41, 5.74) is 6.24. The van der Waals surface area contributed by atoms with Gasteiger partial charge in [0.1, 0.15) is 0 Å². The summed E-state index contributed by atoms with van der Waals surface area (Å²) >= 11 is 0. The summed E-state index contributed by atoms with van der Waals surface area (Å²) in [6.07, 6.45) is 2.68. The summed E-state index contributed by atoms with van der Waals surface area (Å²) in [4.78, 5) is 0. The van der Waals surface area contributed by atoms with E-state index >= 15 is 0 Å². The van der Waals surface area contributed by atoms with Crippen LogP contribution in [0.5, 0.6) is 0 Å². The van der Waals surface area contributed by atoms with Crippen molar-refractivity contribution in [3.05, 3.63) is 46.8 Å². The minimum absolute atomic E-state index is 0.504. The van der Waals surface area contributed by atoms with Crippen molar-refractivity contribution in [2.75, 3.05) is 6.54 Å². The Labute approximate surface area is 127 Å². The molecule has 1 aromatic carbocycles. The minimum atomic E-state index is 0.504. The number of hydrogen-bond donors (Lipinski definition) is 1. The zero-order chi connectivity index (χ0) is 15.0. The molecule has 1 unspecified atom stereocenters. The van der Waals surface area contributed by atoms with Crippen LogP contribution in [0, 0.1) is 20.8 Å². The Balaban J connectivity index is 1.86. The number of nitrogens with one attached hydrogen (secondary N) is 1. The quantitative estimate of drug-likeness (QED) is 0.907. The normalized spacial score (nSPS) is 16.2. The molecule has 3 heteroatoms. The van der Waals surface area contributed by atoms with Crippen LogP contribution in [0.3, 0.4) is 0 Å². The van der Waals surface area contributed by atoms with Crippen LogP contribution < -0.4 is 5.32 Å². The van der Waals surface area contributed by atoms with Crippen LogP contribution in [0.4, 0.5) is 0 Å². The standard InChI is InChI=1S/C18H25N3/c1-12-5-9-17(10-6-12)21-15(4)18(14(3)20-21)13(2)11-19-16-7-8-16/h5-6,9-10,13,16,19H,7-8,11H2,1-4H3. The fourth-order valence-corrected chi connectivity index (χ4v) is 3.04. The highest BCUT2D eigenvalue weighted by Gasteiger charge is 2.23. The van der Waals surface area contributed by atoms with Crippen molar-refractivity contribution < 1.29 is 0 Å². The van der Waals surface area contributed by atoms with Crippen LogP contribution in [0.1, 0.15) is 48.2 Å². The van der Waals surface area contributed by atoms with Crippen LogP contribution >= 0.6 is 0 Å². The molecule has 0 spiro atoms. The summed E-state index contributed by atoms with van der Waals surface area (Å²) in [5, 5.41) is 8.39. The van der Waals surface area contributed by atoms with E-state index in [2.05, 4.69) is 62.0 Å². The number of rotatable bonds is 5. The maximum atomic E-state index is 4.76. The molecule has 1 aromatic heterocycles. The lowest BCUT2D eigenvalue weighted by Gasteiger charge is -2.13. The van der Waals surface area contributed by atoms with E-state index in [0.29, 0.717) is 5.92 Å². The van der Waals surface area contributed by atoms with Crippen LogP contribution in [-0.4, -0.2) is 22.4 Å². The molecule has 1 heterocycles. The maximum Gasteiger partial charge on any atom is 0.0649 e. The molecule has 0 radical (unpaired) electrons. The van der Waals surface area contributed by atoms with E-state index in [1.165, 1.54) is 29.7 Å². The van der Waals surface area contributed by atoms with Crippen molar-refractivity contribution in [3.8, 4) is 5.69 Å². The lowest BCUT2D eigenvalue weighted by molar-refractivity contribution is 0.608. The molecule has 1 atom stereocenters. The van der Waals surface area contributed by atoms with Gasteiger partial charge in [0.15, 0.2) is 0 Å². The summed E-state index contributed by atoms with van der Waals surface area (Å²) in [5.74, 6) is 0.504. The largest absolute Gasteiger partial charge is 0.313 e. The van der Waals surface area contributed by atoms with E-state index < -0.39 is 0 Å². The van der Waals surface area contributed by atoms with Gasteiger partial charge in [-0.3, -0.25) is 0 Å². The molecular weight excluding hydrogens is 258 g/mol. The Morgan fingerprint density at radius 2 is 1.86 bits per heavy atom. The van der Waals surface area contributed by atoms with Gasteiger partial charge in [-0.15, -0.1) is 0 Å². The van der Waals surface area contributed by atoms with Gasteiger partial charge in [0, 0.05) is 23.8 Å². The van der Waals surface area contributed by atoms with Crippen molar-refractivity contribution in [2.45, 2.75) is 52.5 Å². The average Bonchev–Trinajstić information content (AvgIpc) is 3.23. The number of hydrogen-bond acceptors (Lipinski definition) is 2. The topological polar surface area (TPSA) is 29.9 Å². The predicted octanol–water partition coefficient (Wildman–Crippen LogP) is 3.65. The van der Waals surface area contributed by atoms with Crippen molar-refractivity contribution in [2.24, 2.45) is 0 Å². The molecule has 1 N–H and O–H groups in total. The molecule has 0 amide bonds. The fourth-order valence-electron chi connectivity index (χ4n) is 3.04. The van der Waals surface area contributed by atoms with Gasteiger partial charge < -0.3 is 5.32 Å². The van der Waals surface area contributed by atoms with Crippen LogP contribution in [-0.2, 0) is 0 Å². The lowest BCUT2D eigenvalue weighted by atomic mass is 9.99. The Kier molecular flexibility index (Phi) is 3.85. The van der Waals surface area contributed by atoms with E-state index in [0.717, 1.165) is 24.0 Å². The second kappa shape index (κ2) is 5.64. The Morgan fingerprint density at radius 3 is 2.48 bits per heavy atom. The first-order chi connectivity index (χ1) is 10.1. The smallest absolute Gasteiger partial charge is 0.0649 e. The molecular formula is C18H25N3. The van der Waals surface area contributed by atoms with Crippen LogP contribution in [0.25, 0.3) is 5.69 Å². The number of aromatic nitrogens is 2. The Hall–Kier alpha value is -1.61. The molecule has 3 rings (SSSR count). The van der Waals surface area contributed by atoms with Gasteiger partial charge in [0.2, 0.25) is 0 Å². The van der Waals surface area contributed by atoms with Gasteiger partial charge >= 0.3 is 0 Å². The van der Waals surface area contributed by atoms with E-state index in [-0.39, 0.29) is 0 Å². The highest BCUT2D eigenvalue weighted by atomic mass is 15.3. The molecule has 2 aromatic rings. The van der Waals surface area contributed by atoms with Crippen LogP contribution in [0.15, 0.2) is 24.3 Å². The third-order valence-corrected chi connectivity index (χ3v) is 4.41. The van der Waals surface area contributed by atoms with E-state index in [9.17, 15) is 0 Å². The summed E-state index contributed by atoms with van der Waals surface area (Å²) in [7, 11) is 0. The number of aryl methyl sites for hydroxylation is 2. The van der Waals surface area contributed by atoms with Crippen molar-refractivity contribution in [1.82, 2.24) is 15.1 Å². The molecule has 1 aliphatic carbocycles. The molecule has 1 aliphatic rings. The van der Waals surface area contributed by atoms with Gasteiger partial charge in [-0.2, -0.15) is 5.10 Å². The summed E-state index contributed by atoms with van der Waals surface area (Å²) in [6.45, 7) is 9.77. The molecule has 0 bridgehead atoms. The van der Waals surface area contributed by atoms with E-state index in [4.69, 9.17) is 5.10 Å². The third kappa shape index (κ3) is 3.03. The first-order valence-corrected chi connectivity index (χ1v) is 7.93. The number of nitrogens with zero attached hydrogens (tertiary/aromatic N) is 2. The summed E-state index contributed by atoms with van der Waals surface area (Å²) < 4.78 is 2.08. The Morgan fingerprint density at radius 1 is 1.19 bits per heavy atom. The zero-order valence-corrected chi connectivity index (χ0v) is 13.5. The molecule has 21 heavy (non-hydrogen) atoms. The zero-order valence-electron chi connectivity index (χ0n) is 13.5. The average molecular weight is 283 g/mol. The molecule has 0 aliphatic heterocycles. The van der Waals surface area contributed by atoms with Crippen LogP contribution in [0.2, 0.25) is 0 Å².